The summed E-state index contributed by atoms with van der Waals surface area (Å²) >= 11 is 0. The number of nitrogens with zero attached hydrogens (tertiary/aromatic N) is 2. The lowest BCUT2D eigenvalue weighted by Gasteiger charge is -2.16. The van der Waals surface area contributed by atoms with Gasteiger partial charge < -0.3 is 19.9 Å². The topological polar surface area (TPSA) is 77.6 Å². The van der Waals surface area contributed by atoms with Crippen molar-refractivity contribution >= 4 is 11.8 Å². The first-order chi connectivity index (χ1) is 14.1. The molecular weight excluding hydrogens is 399 g/mol. The molecule has 0 unspecified atom stereocenters. The van der Waals surface area contributed by atoms with Gasteiger partial charge in [-0.3, -0.25) is 9.59 Å². The van der Waals surface area contributed by atoms with Crippen LogP contribution in [0.5, 0.6) is 5.75 Å². The highest BCUT2D eigenvalue weighted by molar-refractivity contribution is 6.02. The van der Waals surface area contributed by atoms with Crippen LogP contribution in [-0.4, -0.2) is 40.7 Å². The van der Waals surface area contributed by atoms with E-state index in [4.69, 9.17) is 5.73 Å². The Bertz CT molecular complexity index is 966. The summed E-state index contributed by atoms with van der Waals surface area (Å²) in [6.45, 7) is 5.49. The number of primary amides is 1. The summed E-state index contributed by atoms with van der Waals surface area (Å²) in [6, 6.07) is 5.50. The first-order valence-corrected chi connectivity index (χ1v) is 9.72. The molecule has 1 aliphatic heterocycles. The Hall–Kier alpha value is -2.97. The van der Waals surface area contributed by atoms with E-state index < -0.39 is 12.3 Å². The number of alkyl halides is 3. The van der Waals surface area contributed by atoms with Crippen LogP contribution in [0.25, 0.3) is 11.1 Å². The minimum absolute atomic E-state index is 0.149. The predicted octanol–water partition coefficient (Wildman–Crippen LogP) is 3.78. The maximum Gasteiger partial charge on any atom is 0.573 e. The number of halogens is 3. The number of carbonyl (C=O) groups is 2. The molecule has 0 bridgehead atoms. The predicted molar refractivity (Wildman–Crippen MR) is 105 cm³/mol. The minimum Gasteiger partial charge on any atom is -0.406 e. The van der Waals surface area contributed by atoms with E-state index in [9.17, 15) is 22.8 Å². The number of hydrogen-bond acceptors (Lipinski definition) is 3. The molecule has 0 saturated carbocycles. The summed E-state index contributed by atoms with van der Waals surface area (Å²) in [6.07, 6.45) is -2.67. The molecule has 0 atom stereocenters. The molecule has 0 radical (unpaired) electrons. The van der Waals surface area contributed by atoms with Gasteiger partial charge in [0.15, 0.2) is 0 Å². The molecule has 6 nitrogen and oxygen atoms in total. The highest BCUT2D eigenvalue weighted by Gasteiger charge is 2.31. The number of ether oxygens (including phenoxy) is 1. The lowest BCUT2D eigenvalue weighted by atomic mass is 10.00. The fourth-order valence-corrected chi connectivity index (χ4v) is 4.08. The zero-order chi connectivity index (χ0) is 22.1. The van der Waals surface area contributed by atoms with Crippen LogP contribution in [0, 0.1) is 13.8 Å². The first-order valence-electron chi connectivity index (χ1n) is 9.72. The average molecular weight is 423 g/mol. The molecule has 2 amide bonds. The van der Waals surface area contributed by atoms with Gasteiger partial charge in [0.2, 0.25) is 5.91 Å². The maximum atomic E-state index is 12.6. The van der Waals surface area contributed by atoms with Crippen molar-refractivity contribution in [1.82, 2.24) is 9.47 Å². The van der Waals surface area contributed by atoms with Crippen molar-refractivity contribution in [3.8, 4) is 16.9 Å². The van der Waals surface area contributed by atoms with E-state index in [0.29, 0.717) is 42.8 Å². The van der Waals surface area contributed by atoms with Crippen LogP contribution in [0.3, 0.4) is 0 Å². The Morgan fingerprint density at radius 1 is 1.20 bits per heavy atom. The number of aromatic nitrogens is 1. The van der Waals surface area contributed by atoms with E-state index >= 15 is 0 Å². The smallest absolute Gasteiger partial charge is 0.406 e. The van der Waals surface area contributed by atoms with Crippen LogP contribution in [0.2, 0.25) is 0 Å². The van der Waals surface area contributed by atoms with E-state index in [0.717, 1.165) is 18.7 Å². The molecule has 3 rings (SSSR count). The normalized spacial score (nSPS) is 14.4. The number of carbonyl (C=O) groups excluding carboxylic acids is 2. The SMILES string of the molecule is Cc1c(C(N)=O)c(-c2cccc(OC(F)(F)F)c2)c(C)n1CCCN1CCCC1=O. The van der Waals surface area contributed by atoms with Gasteiger partial charge in [-0.1, -0.05) is 12.1 Å². The van der Waals surface area contributed by atoms with Crippen LogP contribution in [0.15, 0.2) is 24.3 Å². The van der Waals surface area contributed by atoms with Gasteiger partial charge in [0.25, 0.3) is 5.91 Å². The van der Waals surface area contributed by atoms with Crippen molar-refractivity contribution in [2.45, 2.75) is 46.0 Å². The van der Waals surface area contributed by atoms with Gasteiger partial charge in [-0.05, 0) is 44.4 Å². The van der Waals surface area contributed by atoms with Gasteiger partial charge in [0.05, 0.1) is 5.56 Å². The molecule has 9 heteroatoms. The number of likely N-dealkylation sites (tertiary alicyclic amines) is 1. The van der Waals surface area contributed by atoms with E-state index in [1.165, 1.54) is 18.2 Å². The fraction of sp³-hybridized carbons (Fsp3) is 0.429. The third-order valence-corrected chi connectivity index (χ3v) is 5.37. The Morgan fingerprint density at radius 2 is 1.93 bits per heavy atom. The van der Waals surface area contributed by atoms with Crippen molar-refractivity contribution in [3.63, 3.8) is 0 Å². The zero-order valence-electron chi connectivity index (χ0n) is 16.9. The highest BCUT2D eigenvalue weighted by atomic mass is 19.4. The van der Waals surface area contributed by atoms with Crippen molar-refractivity contribution < 1.29 is 27.5 Å². The number of amides is 2. The minimum atomic E-state index is -4.81. The van der Waals surface area contributed by atoms with Crippen molar-refractivity contribution in [2.75, 3.05) is 13.1 Å². The summed E-state index contributed by atoms with van der Waals surface area (Å²) in [5, 5.41) is 0. The third kappa shape index (κ3) is 4.60. The molecule has 1 saturated heterocycles. The molecule has 1 fully saturated rings. The fourth-order valence-electron chi connectivity index (χ4n) is 4.08. The second-order valence-corrected chi connectivity index (χ2v) is 7.35. The van der Waals surface area contributed by atoms with Crippen LogP contribution in [-0.2, 0) is 11.3 Å². The van der Waals surface area contributed by atoms with Crippen molar-refractivity contribution in [3.05, 3.63) is 41.2 Å². The Morgan fingerprint density at radius 3 is 2.53 bits per heavy atom. The number of hydrogen-bond donors (Lipinski definition) is 1. The van der Waals surface area contributed by atoms with Gasteiger partial charge in [0, 0.05) is 43.0 Å². The number of rotatable bonds is 7. The molecule has 30 heavy (non-hydrogen) atoms. The van der Waals surface area contributed by atoms with E-state index in [2.05, 4.69) is 4.74 Å². The molecule has 1 aromatic heterocycles. The Labute approximate surface area is 172 Å². The lowest BCUT2D eigenvalue weighted by Crippen LogP contribution is -2.26. The first kappa shape index (κ1) is 21.7. The number of benzene rings is 1. The van der Waals surface area contributed by atoms with E-state index in [1.807, 2.05) is 9.47 Å². The van der Waals surface area contributed by atoms with Gasteiger partial charge >= 0.3 is 6.36 Å². The number of nitrogens with two attached hydrogens (primary N) is 1. The van der Waals surface area contributed by atoms with Gasteiger partial charge in [-0.2, -0.15) is 0 Å². The van der Waals surface area contributed by atoms with E-state index in [-0.39, 0.29) is 17.2 Å². The summed E-state index contributed by atoms with van der Waals surface area (Å²) in [7, 11) is 0. The monoisotopic (exact) mass is 423 g/mol. The van der Waals surface area contributed by atoms with Gasteiger partial charge in [0.1, 0.15) is 5.75 Å². The molecule has 2 N–H and O–H groups in total. The standard InChI is InChI=1S/C21H24F3N3O3/c1-13-18(15-6-3-7-16(12-15)30-21(22,23)24)19(20(25)29)14(2)27(13)11-5-10-26-9-4-8-17(26)28/h3,6-7,12H,4-5,8-11H2,1-2H3,(H2,25,29). The van der Waals surface area contributed by atoms with Crippen LogP contribution < -0.4 is 10.5 Å². The molecular formula is C21H24F3N3O3. The van der Waals surface area contributed by atoms with Crippen molar-refractivity contribution in [1.29, 1.82) is 0 Å². The van der Waals surface area contributed by atoms with Crippen molar-refractivity contribution in [2.24, 2.45) is 5.73 Å². The largest absolute Gasteiger partial charge is 0.573 e. The summed E-state index contributed by atoms with van der Waals surface area (Å²) < 4.78 is 43.7. The molecule has 0 aliphatic carbocycles. The molecule has 1 aromatic carbocycles. The summed E-state index contributed by atoms with van der Waals surface area (Å²) in [4.78, 5) is 25.8. The molecule has 162 valence electrons. The maximum absolute atomic E-state index is 12.6. The highest BCUT2D eigenvalue weighted by Crippen LogP contribution is 2.35. The quantitative estimate of drug-likeness (QED) is 0.736. The summed E-state index contributed by atoms with van der Waals surface area (Å²) in [5.41, 5.74) is 8.15. The lowest BCUT2D eigenvalue weighted by molar-refractivity contribution is -0.274. The third-order valence-electron chi connectivity index (χ3n) is 5.37. The molecule has 1 aliphatic rings. The van der Waals surface area contributed by atoms with Gasteiger partial charge in [-0.25, -0.2) is 0 Å². The second kappa shape index (κ2) is 8.41. The van der Waals surface area contributed by atoms with E-state index in [1.54, 1.807) is 19.9 Å². The average Bonchev–Trinajstić information content (AvgIpc) is 3.15. The molecule has 0 spiro atoms. The Kier molecular flexibility index (Phi) is 6.09. The van der Waals surface area contributed by atoms with Gasteiger partial charge in [-0.15, -0.1) is 13.2 Å². The molecule has 2 heterocycles. The second-order valence-electron chi connectivity index (χ2n) is 7.35. The zero-order valence-corrected chi connectivity index (χ0v) is 16.9. The van der Waals surface area contributed by atoms with Crippen LogP contribution in [0.4, 0.5) is 13.2 Å². The van der Waals surface area contributed by atoms with Crippen LogP contribution >= 0.6 is 0 Å². The Balaban J connectivity index is 1.91. The summed E-state index contributed by atoms with van der Waals surface area (Å²) in [5.74, 6) is -0.870. The molecule has 2 aromatic rings. The van der Waals surface area contributed by atoms with Crippen LogP contribution in [0.1, 0.15) is 41.0 Å².